The van der Waals surface area contributed by atoms with Crippen molar-refractivity contribution in [3.05, 3.63) is 21.3 Å². The Balaban J connectivity index is 2.41. The Labute approximate surface area is 103 Å². The average Bonchev–Trinajstić information content (AvgIpc) is 2.71. The molecular formula is C10H15ClN2O2S. The lowest BCUT2D eigenvalue weighted by molar-refractivity contribution is -0.124. The van der Waals surface area contributed by atoms with Crippen LogP contribution in [0.1, 0.15) is 17.9 Å². The van der Waals surface area contributed by atoms with Crippen molar-refractivity contribution in [2.75, 3.05) is 13.1 Å². The fourth-order valence-electron chi connectivity index (χ4n) is 1.09. The largest absolute Gasteiger partial charge is 0.386 e. The smallest absolute Gasteiger partial charge is 0.224 e. The molecule has 16 heavy (non-hydrogen) atoms. The number of rotatable bonds is 5. The molecule has 0 fully saturated rings. The van der Waals surface area contributed by atoms with Gasteiger partial charge in [-0.15, -0.1) is 11.3 Å². The van der Waals surface area contributed by atoms with Crippen molar-refractivity contribution < 1.29 is 9.90 Å². The number of thiophene rings is 1. The van der Waals surface area contributed by atoms with Gasteiger partial charge in [0.2, 0.25) is 5.91 Å². The van der Waals surface area contributed by atoms with E-state index in [0.29, 0.717) is 10.9 Å². The van der Waals surface area contributed by atoms with Gasteiger partial charge in [0, 0.05) is 23.9 Å². The molecule has 0 spiro atoms. The molecule has 4 N–H and O–H groups in total. The van der Waals surface area contributed by atoms with Crippen LogP contribution in [0.5, 0.6) is 0 Å². The van der Waals surface area contributed by atoms with Crippen LogP contribution in [0.4, 0.5) is 0 Å². The first-order valence-corrected chi connectivity index (χ1v) is 6.15. The van der Waals surface area contributed by atoms with E-state index >= 15 is 0 Å². The summed E-state index contributed by atoms with van der Waals surface area (Å²) < 4.78 is 0.621. The number of carbonyl (C=O) groups excluding carboxylic acids is 1. The van der Waals surface area contributed by atoms with Gasteiger partial charge in [0.05, 0.1) is 4.34 Å². The standard InChI is InChI=1S/C10H15ClN2O2S/c1-6(4-12)10(15)13-5-7(14)8-2-3-9(11)16-8/h2-3,6-7,14H,4-5,12H2,1H3,(H,13,15). The van der Waals surface area contributed by atoms with E-state index in [0.717, 1.165) is 4.88 Å². The van der Waals surface area contributed by atoms with Crippen molar-refractivity contribution >= 4 is 28.8 Å². The number of nitrogens with two attached hydrogens (primary N) is 1. The second-order valence-corrected chi connectivity index (χ2v) is 5.29. The topological polar surface area (TPSA) is 75.4 Å². The minimum atomic E-state index is -0.716. The fraction of sp³-hybridized carbons (Fsp3) is 0.500. The van der Waals surface area contributed by atoms with Crippen LogP contribution in [0, 0.1) is 5.92 Å². The molecule has 2 unspecified atom stereocenters. The summed E-state index contributed by atoms with van der Waals surface area (Å²) in [6, 6.07) is 3.46. The first-order chi connectivity index (χ1) is 7.54. The van der Waals surface area contributed by atoms with Crippen LogP contribution in [0.25, 0.3) is 0 Å². The van der Waals surface area contributed by atoms with Crippen molar-refractivity contribution in [3.8, 4) is 0 Å². The number of aliphatic hydroxyl groups excluding tert-OH is 1. The second kappa shape index (κ2) is 6.20. The van der Waals surface area contributed by atoms with Gasteiger partial charge >= 0.3 is 0 Å². The molecule has 4 nitrogen and oxygen atoms in total. The molecule has 0 aliphatic heterocycles. The molecule has 0 aliphatic carbocycles. The van der Waals surface area contributed by atoms with Gasteiger partial charge in [0.25, 0.3) is 0 Å². The third-order valence-electron chi connectivity index (χ3n) is 2.19. The predicted molar refractivity (Wildman–Crippen MR) is 65.5 cm³/mol. The predicted octanol–water partition coefficient (Wildman–Crippen LogP) is 1.15. The van der Waals surface area contributed by atoms with Gasteiger partial charge in [0.1, 0.15) is 6.10 Å². The van der Waals surface area contributed by atoms with Gasteiger partial charge in [-0.1, -0.05) is 18.5 Å². The monoisotopic (exact) mass is 262 g/mol. The number of amides is 1. The van der Waals surface area contributed by atoms with Gasteiger partial charge < -0.3 is 16.2 Å². The van der Waals surface area contributed by atoms with Crippen molar-refractivity contribution in [3.63, 3.8) is 0 Å². The third kappa shape index (κ3) is 3.75. The molecule has 1 heterocycles. The summed E-state index contributed by atoms with van der Waals surface area (Å²) in [7, 11) is 0. The van der Waals surface area contributed by atoms with Crippen LogP contribution in [0.15, 0.2) is 12.1 Å². The minimum Gasteiger partial charge on any atom is -0.386 e. The molecule has 1 rings (SSSR count). The Bertz CT molecular complexity index is 356. The number of hydrogen-bond donors (Lipinski definition) is 3. The van der Waals surface area contributed by atoms with Gasteiger partial charge in [-0.2, -0.15) is 0 Å². The molecule has 6 heteroatoms. The van der Waals surface area contributed by atoms with E-state index in [2.05, 4.69) is 5.32 Å². The van der Waals surface area contributed by atoms with E-state index in [1.165, 1.54) is 11.3 Å². The van der Waals surface area contributed by atoms with Crippen molar-refractivity contribution in [2.24, 2.45) is 11.7 Å². The van der Waals surface area contributed by atoms with E-state index in [-0.39, 0.29) is 18.4 Å². The summed E-state index contributed by atoms with van der Waals surface area (Å²) in [4.78, 5) is 12.1. The number of carbonyl (C=O) groups is 1. The molecule has 1 amide bonds. The fourth-order valence-corrected chi connectivity index (χ4v) is 2.13. The summed E-state index contributed by atoms with van der Waals surface area (Å²) in [5, 5.41) is 12.4. The third-order valence-corrected chi connectivity index (χ3v) is 3.53. The molecule has 0 aliphatic rings. The van der Waals surface area contributed by atoms with Crippen LogP contribution in [0.3, 0.4) is 0 Å². The number of halogens is 1. The lowest BCUT2D eigenvalue weighted by atomic mass is 10.1. The molecule has 0 saturated carbocycles. The van der Waals surface area contributed by atoms with Crippen molar-refractivity contribution in [2.45, 2.75) is 13.0 Å². The molecule has 0 saturated heterocycles. The number of aliphatic hydroxyl groups is 1. The van der Waals surface area contributed by atoms with Crippen LogP contribution in [-0.2, 0) is 4.79 Å². The molecule has 0 aromatic carbocycles. The average molecular weight is 263 g/mol. The summed E-state index contributed by atoms with van der Waals surface area (Å²) >= 11 is 7.04. The Kier molecular flexibility index (Phi) is 5.21. The maximum absolute atomic E-state index is 11.4. The summed E-state index contributed by atoms with van der Waals surface area (Å²) in [5.41, 5.74) is 5.36. The zero-order valence-corrected chi connectivity index (χ0v) is 10.5. The Morgan fingerprint density at radius 1 is 1.69 bits per heavy atom. The van der Waals surface area contributed by atoms with Crippen molar-refractivity contribution in [1.29, 1.82) is 0 Å². The quantitative estimate of drug-likeness (QED) is 0.745. The maximum Gasteiger partial charge on any atom is 0.224 e. The van der Waals surface area contributed by atoms with E-state index in [1.807, 2.05) is 0 Å². The molecule has 0 radical (unpaired) electrons. The molecule has 90 valence electrons. The van der Waals surface area contributed by atoms with Crippen LogP contribution in [0.2, 0.25) is 4.34 Å². The molecule has 1 aromatic rings. The molecule has 2 atom stereocenters. The SMILES string of the molecule is CC(CN)C(=O)NCC(O)c1ccc(Cl)s1. The van der Waals surface area contributed by atoms with Gasteiger partial charge in [-0.3, -0.25) is 4.79 Å². The maximum atomic E-state index is 11.4. The zero-order chi connectivity index (χ0) is 12.1. The number of hydrogen-bond acceptors (Lipinski definition) is 4. The first-order valence-electron chi connectivity index (χ1n) is 4.95. The van der Waals surface area contributed by atoms with E-state index in [4.69, 9.17) is 17.3 Å². The van der Waals surface area contributed by atoms with Crippen LogP contribution in [-0.4, -0.2) is 24.1 Å². The lowest BCUT2D eigenvalue weighted by Gasteiger charge is -2.12. The minimum absolute atomic E-state index is 0.149. The van der Waals surface area contributed by atoms with Crippen LogP contribution < -0.4 is 11.1 Å². The highest BCUT2D eigenvalue weighted by atomic mass is 35.5. The van der Waals surface area contributed by atoms with E-state index in [1.54, 1.807) is 19.1 Å². The highest BCUT2D eigenvalue weighted by molar-refractivity contribution is 7.16. The summed E-state index contributed by atoms with van der Waals surface area (Å²) in [6.45, 7) is 2.22. The van der Waals surface area contributed by atoms with E-state index in [9.17, 15) is 9.90 Å². The molecule has 0 bridgehead atoms. The Hall–Kier alpha value is -0.620. The van der Waals surface area contributed by atoms with Gasteiger partial charge in [-0.05, 0) is 12.1 Å². The number of nitrogens with one attached hydrogen (secondary N) is 1. The Morgan fingerprint density at radius 2 is 2.38 bits per heavy atom. The summed E-state index contributed by atoms with van der Waals surface area (Å²) in [5.74, 6) is -0.386. The molecule has 1 aromatic heterocycles. The zero-order valence-electron chi connectivity index (χ0n) is 8.94. The highest BCUT2D eigenvalue weighted by Crippen LogP contribution is 2.26. The van der Waals surface area contributed by atoms with Crippen molar-refractivity contribution in [1.82, 2.24) is 5.32 Å². The molecular weight excluding hydrogens is 248 g/mol. The van der Waals surface area contributed by atoms with E-state index < -0.39 is 6.10 Å². The van der Waals surface area contributed by atoms with Crippen LogP contribution >= 0.6 is 22.9 Å². The van der Waals surface area contributed by atoms with Gasteiger partial charge in [-0.25, -0.2) is 0 Å². The Morgan fingerprint density at radius 3 is 2.88 bits per heavy atom. The van der Waals surface area contributed by atoms with Gasteiger partial charge in [0.15, 0.2) is 0 Å². The highest BCUT2D eigenvalue weighted by Gasteiger charge is 2.14. The first kappa shape index (κ1) is 13.4. The lowest BCUT2D eigenvalue weighted by Crippen LogP contribution is -2.35. The summed E-state index contributed by atoms with van der Waals surface area (Å²) in [6.07, 6.45) is -0.716. The second-order valence-electron chi connectivity index (χ2n) is 3.54. The normalized spacial score (nSPS) is 14.5.